The maximum atomic E-state index is 10.6. The highest BCUT2D eigenvalue weighted by molar-refractivity contribution is 5.85. The van der Waals surface area contributed by atoms with Crippen molar-refractivity contribution in [2.75, 3.05) is 11.4 Å². The average molecular weight is 328 g/mol. The quantitative estimate of drug-likeness (QED) is 0.709. The van der Waals surface area contributed by atoms with Gasteiger partial charge in [-0.25, -0.2) is 0 Å². The van der Waals surface area contributed by atoms with Gasteiger partial charge in [-0.15, -0.1) is 0 Å². The Morgan fingerprint density at radius 3 is 2.42 bits per heavy atom. The average Bonchev–Trinajstić information content (AvgIpc) is 2.43. The van der Waals surface area contributed by atoms with Gasteiger partial charge in [0.15, 0.2) is 0 Å². The minimum absolute atomic E-state index is 0.0308. The zero-order valence-corrected chi connectivity index (χ0v) is 16.6. The Balaban J connectivity index is 2.53. The number of hydrogen-bond acceptors (Lipinski definition) is 2. The van der Waals surface area contributed by atoms with Gasteiger partial charge >= 0.3 is 0 Å². The first-order valence-corrected chi connectivity index (χ1v) is 8.98. The van der Waals surface area contributed by atoms with Gasteiger partial charge in [-0.2, -0.15) is 0 Å². The number of anilines is 1. The molecule has 1 aromatic carbocycles. The van der Waals surface area contributed by atoms with Gasteiger partial charge in [-0.3, -0.25) is 0 Å². The van der Waals surface area contributed by atoms with Crippen LogP contribution >= 0.6 is 0 Å². The molecule has 24 heavy (non-hydrogen) atoms. The molecule has 0 radical (unpaired) electrons. The van der Waals surface area contributed by atoms with Crippen molar-refractivity contribution in [2.24, 2.45) is 5.41 Å². The fourth-order valence-corrected chi connectivity index (χ4v) is 3.58. The van der Waals surface area contributed by atoms with Crippen molar-refractivity contribution in [2.45, 2.75) is 67.3 Å². The Bertz CT molecular complexity index is 687. The number of phenols is 1. The van der Waals surface area contributed by atoms with E-state index >= 15 is 0 Å². The maximum Gasteiger partial charge on any atom is 0.125 e. The summed E-state index contributed by atoms with van der Waals surface area (Å²) in [4.78, 5) is 2.35. The van der Waals surface area contributed by atoms with Gasteiger partial charge in [0.05, 0.1) is 5.54 Å². The van der Waals surface area contributed by atoms with Crippen molar-refractivity contribution in [3.05, 3.63) is 35.4 Å². The fraction of sp³-hybridized carbons (Fsp3) is 0.545. The van der Waals surface area contributed by atoms with E-state index in [9.17, 15) is 5.11 Å². The molecular weight excluding hydrogens is 294 g/mol. The van der Waals surface area contributed by atoms with Crippen LogP contribution in [0.1, 0.15) is 72.9 Å². The molecule has 132 valence electrons. The summed E-state index contributed by atoms with van der Waals surface area (Å²) in [6.45, 7) is 18.5. The third kappa shape index (κ3) is 3.68. The Labute approximate surface area is 147 Å². The van der Waals surface area contributed by atoms with Crippen LogP contribution in [-0.2, 0) is 0 Å². The lowest BCUT2D eigenvalue weighted by Gasteiger charge is -2.43. The molecule has 0 aliphatic carbocycles. The number of rotatable bonds is 3. The largest absolute Gasteiger partial charge is 0.507 e. The molecule has 0 spiro atoms. The number of phenolic OH excluding ortho intramolecular Hbond substituents is 1. The Morgan fingerprint density at radius 2 is 1.88 bits per heavy atom. The van der Waals surface area contributed by atoms with Crippen LogP contribution < -0.4 is 4.90 Å². The third-order valence-corrected chi connectivity index (χ3v) is 4.86. The molecule has 0 fully saturated rings. The van der Waals surface area contributed by atoms with Gasteiger partial charge in [0.25, 0.3) is 0 Å². The van der Waals surface area contributed by atoms with E-state index in [1.54, 1.807) is 0 Å². The summed E-state index contributed by atoms with van der Waals surface area (Å²) in [5.74, 6) is 0.375. The van der Waals surface area contributed by atoms with E-state index in [0.29, 0.717) is 5.75 Å². The normalized spacial score (nSPS) is 17.6. The topological polar surface area (TPSA) is 23.5 Å². The number of allylic oxidation sites excluding steroid dienone is 3. The number of nitrogens with zero attached hydrogens (tertiary/aromatic N) is 1. The highest BCUT2D eigenvalue weighted by atomic mass is 16.3. The standard InChI is InChI=1S/C22H33NO/c1-9-23-19-13-20(24)18(15(2)10-11-21(4,5)6)12-17(19)16(3)14-22(23,7)8/h10,12-14,24H,9,11H2,1-8H3/b15-10-. The molecular formula is C22H33NO. The van der Waals surface area contributed by atoms with Gasteiger partial charge in [-0.1, -0.05) is 32.9 Å². The SMILES string of the molecule is CCN1c2cc(O)c(/C(C)=C\CC(C)(C)C)cc2C(C)=CC1(C)C. The first kappa shape index (κ1) is 18.6. The summed E-state index contributed by atoms with van der Waals surface area (Å²) in [6, 6.07) is 4.10. The number of likely N-dealkylation sites (N-methyl/N-ethyl adjacent to an activating group) is 1. The molecule has 1 N–H and O–H groups in total. The van der Waals surface area contributed by atoms with Crippen LogP contribution in [0.2, 0.25) is 0 Å². The van der Waals surface area contributed by atoms with Crippen molar-refractivity contribution >= 4 is 16.8 Å². The number of aromatic hydroxyl groups is 1. The molecule has 2 nitrogen and oxygen atoms in total. The molecule has 0 saturated heterocycles. The lowest BCUT2D eigenvalue weighted by Crippen LogP contribution is -2.44. The van der Waals surface area contributed by atoms with E-state index in [1.165, 1.54) is 11.1 Å². The fourth-order valence-electron chi connectivity index (χ4n) is 3.58. The van der Waals surface area contributed by atoms with Crippen LogP contribution in [0.25, 0.3) is 11.1 Å². The molecule has 1 aliphatic rings. The van der Waals surface area contributed by atoms with Crippen molar-refractivity contribution in [3.8, 4) is 5.75 Å². The summed E-state index contributed by atoms with van der Waals surface area (Å²) in [7, 11) is 0. The van der Waals surface area contributed by atoms with E-state index in [0.717, 1.165) is 29.8 Å². The lowest BCUT2D eigenvalue weighted by atomic mass is 9.86. The highest BCUT2D eigenvalue weighted by Gasteiger charge is 2.31. The summed E-state index contributed by atoms with van der Waals surface area (Å²) in [5, 5.41) is 10.6. The molecule has 0 unspecified atom stereocenters. The second-order valence-corrected chi connectivity index (χ2v) is 8.76. The Kier molecular flexibility index (Phi) is 4.90. The van der Waals surface area contributed by atoms with Gasteiger partial charge in [0.2, 0.25) is 0 Å². The first-order chi connectivity index (χ1) is 11.0. The molecule has 0 saturated carbocycles. The van der Waals surface area contributed by atoms with Crippen LogP contribution in [0.5, 0.6) is 5.75 Å². The molecule has 2 heteroatoms. The summed E-state index contributed by atoms with van der Waals surface area (Å²) >= 11 is 0. The monoisotopic (exact) mass is 327 g/mol. The third-order valence-electron chi connectivity index (χ3n) is 4.86. The highest BCUT2D eigenvalue weighted by Crippen LogP contribution is 2.43. The maximum absolute atomic E-state index is 10.6. The predicted molar refractivity (Wildman–Crippen MR) is 107 cm³/mol. The van der Waals surface area contributed by atoms with Gasteiger partial charge in [0.1, 0.15) is 5.75 Å². The van der Waals surface area contributed by atoms with Crippen molar-refractivity contribution < 1.29 is 5.11 Å². The molecule has 0 aromatic heterocycles. The van der Waals surface area contributed by atoms with Crippen LogP contribution in [-0.4, -0.2) is 17.2 Å². The zero-order chi connectivity index (χ0) is 18.3. The molecule has 1 heterocycles. The summed E-state index contributed by atoms with van der Waals surface area (Å²) in [6.07, 6.45) is 5.57. The molecule has 1 aliphatic heterocycles. The van der Waals surface area contributed by atoms with Crippen molar-refractivity contribution in [1.82, 2.24) is 0 Å². The molecule has 1 aromatic rings. The van der Waals surface area contributed by atoms with E-state index in [-0.39, 0.29) is 11.0 Å². The Morgan fingerprint density at radius 1 is 1.25 bits per heavy atom. The first-order valence-electron chi connectivity index (χ1n) is 8.98. The van der Waals surface area contributed by atoms with Crippen molar-refractivity contribution in [3.63, 3.8) is 0 Å². The Hall–Kier alpha value is -1.70. The van der Waals surface area contributed by atoms with Gasteiger partial charge < -0.3 is 10.0 Å². The lowest BCUT2D eigenvalue weighted by molar-refractivity contribution is 0.420. The van der Waals surface area contributed by atoms with Crippen LogP contribution in [0.4, 0.5) is 5.69 Å². The zero-order valence-electron chi connectivity index (χ0n) is 16.6. The minimum Gasteiger partial charge on any atom is -0.507 e. The smallest absolute Gasteiger partial charge is 0.125 e. The van der Waals surface area contributed by atoms with E-state index in [1.807, 2.05) is 6.07 Å². The van der Waals surface area contributed by atoms with E-state index in [4.69, 9.17) is 0 Å². The van der Waals surface area contributed by atoms with Crippen LogP contribution in [0.15, 0.2) is 24.3 Å². The predicted octanol–water partition coefficient (Wildman–Crippen LogP) is 6.25. The van der Waals surface area contributed by atoms with Crippen LogP contribution in [0.3, 0.4) is 0 Å². The number of fused-ring (bicyclic) bond motifs is 1. The van der Waals surface area contributed by atoms with Gasteiger partial charge in [0, 0.05) is 29.4 Å². The summed E-state index contributed by atoms with van der Waals surface area (Å²) in [5.41, 5.74) is 5.96. The van der Waals surface area contributed by atoms with Crippen molar-refractivity contribution in [1.29, 1.82) is 0 Å². The number of benzene rings is 1. The van der Waals surface area contributed by atoms with Gasteiger partial charge in [-0.05, 0) is 63.7 Å². The minimum atomic E-state index is -0.0308. The van der Waals surface area contributed by atoms with E-state index in [2.05, 4.69) is 78.5 Å². The van der Waals surface area contributed by atoms with Crippen LogP contribution in [0, 0.1) is 5.41 Å². The number of hydrogen-bond donors (Lipinski definition) is 1. The molecule has 2 rings (SSSR count). The molecule has 0 atom stereocenters. The van der Waals surface area contributed by atoms with E-state index < -0.39 is 0 Å². The molecule has 0 bridgehead atoms. The second kappa shape index (κ2) is 6.31. The second-order valence-electron chi connectivity index (χ2n) is 8.76. The molecule has 0 amide bonds. The summed E-state index contributed by atoms with van der Waals surface area (Å²) < 4.78 is 0.